The number of carbonyl (C=O) groups excluding carboxylic acids is 2. The predicted octanol–water partition coefficient (Wildman–Crippen LogP) is 6.22. The van der Waals surface area contributed by atoms with Crippen LogP contribution in [0.1, 0.15) is 34.6 Å². The predicted molar refractivity (Wildman–Crippen MR) is 149 cm³/mol. The van der Waals surface area contributed by atoms with E-state index in [1.54, 1.807) is 21.1 Å². The molecule has 0 saturated carbocycles. The van der Waals surface area contributed by atoms with Gasteiger partial charge in [0.25, 0.3) is 5.91 Å². The summed E-state index contributed by atoms with van der Waals surface area (Å²) in [5.74, 6) is 1.12. The third kappa shape index (κ3) is 5.89. The van der Waals surface area contributed by atoms with Crippen molar-refractivity contribution in [1.82, 2.24) is 9.80 Å². The summed E-state index contributed by atoms with van der Waals surface area (Å²) in [5, 5.41) is 2.00. The molecule has 1 aromatic heterocycles. The molecule has 6 nitrogen and oxygen atoms in total. The average Bonchev–Trinajstić information content (AvgIpc) is 3.63. The van der Waals surface area contributed by atoms with Crippen molar-refractivity contribution in [3.63, 3.8) is 0 Å². The summed E-state index contributed by atoms with van der Waals surface area (Å²) in [5.41, 5.74) is 3.64. The van der Waals surface area contributed by atoms with Gasteiger partial charge in [-0.25, -0.2) is 0 Å². The molecule has 2 amide bonds. The van der Waals surface area contributed by atoms with E-state index >= 15 is 0 Å². The Bertz CT molecular complexity index is 1390. The summed E-state index contributed by atoms with van der Waals surface area (Å²) in [7, 11) is 0. The SMILES string of the molecule is CC(C)N(CC(=O)N(Cc1ccc2c(c1)OCO2)Cc1cccs1)C(=O)c1ccc(-c2ccccc2)cc1. The Morgan fingerprint density at radius 2 is 1.58 bits per heavy atom. The average molecular weight is 527 g/mol. The zero-order valence-electron chi connectivity index (χ0n) is 21.5. The Hall–Kier alpha value is -4.10. The molecule has 1 aliphatic rings. The van der Waals surface area contributed by atoms with Crippen molar-refractivity contribution in [3.05, 3.63) is 106 Å². The Kier molecular flexibility index (Phi) is 7.75. The number of hydrogen-bond acceptors (Lipinski definition) is 5. The fraction of sp³-hybridized carbons (Fsp3) is 0.226. The topological polar surface area (TPSA) is 59.1 Å². The van der Waals surface area contributed by atoms with E-state index in [2.05, 4.69) is 0 Å². The lowest BCUT2D eigenvalue weighted by Gasteiger charge is -2.30. The van der Waals surface area contributed by atoms with Crippen LogP contribution in [0.15, 0.2) is 90.3 Å². The van der Waals surface area contributed by atoms with Crippen molar-refractivity contribution in [2.75, 3.05) is 13.3 Å². The van der Waals surface area contributed by atoms with Gasteiger partial charge in [0, 0.05) is 23.0 Å². The monoisotopic (exact) mass is 526 g/mol. The largest absolute Gasteiger partial charge is 0.454 e. The van der Waals surface area contributed by atoms with Crippen molar-refractivity contribution in [3.8, 4) is 22.6 Å². The van der Waals surface area contributed by atoms with Crippen LogP contribution < -0.4 is 9.47 Å². The first kappa shape index (κ1) is 25.5. The lowest BCUT2D eigenvalue weighted by molar-refractivity contribution is -0.133. The van der Waals surface area contributed by atoms with Crippen molar-refractivity contribution in [2.24, 2.45) is 0 Å². The van der Waals surface area contributed by atoms with Gasteiger partial charge in [-0.1, -0.05) is 54.6 Å². The van der Waals surface area contributed by atoms with Crippen LogP contribution in [0.4, 0.5) is 0 Å². The molecular formula is C31H30N2O4S. The number of ether oxygens (including phenoxy) is 2. The van der Waals surface area contributed by atoms with E-state index < -0.39 is 0 Å². The van der Waals surface area contributed by atoms with E-state index in [0.717, 1.165) is 21.6 Å². The van der Waals surface area contributed by atoms with E-state index in [-0.39, 0.29) is 31.2 Å². The number of fused-ring (bicyclic) bond motifs is 1. The second kappa shape index (κ2) is 11.5. The summed E-state index contributed by atoms with van der Waals surface area (Å²) in [6.45, 7) is 4.94. The standard InChI is InChI=1S/C31H30N2O4S/c1-22(2)33(31(35)26-13-11-25(12-14-26)24-7-4-3-5-8-24)20-30(34)32(19-27-9-6-16-38-27)18-23-10-15-28-29(17-23)37-21-36-28/h3-17,22H,18-21H2,1-2H3. The van der Waals surface area contributed by atoms with Gasteiger partial charge in [0.05, 0.1) is 6.54 Å². The zero-order chi connectivity index (χ0) is 26.5. The van der Waals surface area contributed by atoms with E-state index in [1.165, 1.54) is 0 Å². The summed E-state index contributed by atoms with van der Waals surface area (Å²) >= 11 is 1.61. The van der Waals surface area contributed by atoms with Crippen LogP contribution in [-0.4, -0.2) is 41.0 Å². The minimum absolute atomic E-state index is 0.00708. The molecule has 0 atom stereocenters. The highest BCUT2D eigenvalue weighted by Gasteiger charge is 2.25. The summed E-state index contributed by atoms with van der Waals surface area (Å²) in [6, 6.07) is 27.2. The number of amides is 2. The van der Waals surface area contributed by atoms with Crippen molar-refractivity contribution in [1.29, 1.82) is 0 Å². The fourth-order valence-electron chi connectivity index (χ4n) is 4.42. The molecule has 0 saturated heterocycles. The number of nitrogens with zero attached hydrogens (tertiary/aromatic N) is 2. The smallest absolute Gasteiger partial charge is 0.254 e. The summed E-state index contributed by atoms with van der Waals surface area (Å²) < 4.78 is 10.9. The van der Waals surface area contributed by atoms with Crippen molar-refractivity contribution >= 4 is 23.2 Å². The fourth-order valence-corrected chi connectivity index (χ4v) is 5.14. The third-order valence-electron chi connectivity index (χ3n) is 6.52. The van der Waals surface area contributed by atoms with Gasteiger partial charge in [-0.3, -0.25) is 9.59 Å². The molecule has 0 unspecified atom stereocenters. The third-order valence-corrected chi connectivity index (χ3v) is 7.38. The Balaban J connectivity index is 1.33. The lowest BCUT2D eigenvalue weighted by atomic mass is 10.0. The molecule has 0 radical (unpaired) electrons. The van der Waals surface area contributed by atoms with E-state index in [1.807, 2.05) is 104 Å². The highest BCUT2D eigenvalue weighted by molar-refractivity contribution is 7.09. The maximum Gasteiger partial charge on any atom is 0.254 e. The molecule has 0 bridgehead atoms. The van der Waals surface area contributed by atoms with Crippen molar-refractivity contribution < 1.29 is 19.1 Å². The quantitative estimate of drug-likeness (QED) is 0.260. The normalized spacial score (nSPS) is 12.0. The highest BCUT2D eigenvalue weighted by Crippen LogP contribution is 2.33. The molecule has 0 fully saturated rings. The molecule has 0 aliphatic carbocycles. The summed E-state index contributed by atoms with van der Waals surface area (Å²) in [6.07, 6.45) is 0. The van der Waals surface area contributed by atoms with Crippen LogP contribution in [0.2, 0.25) is 0 Å². The molecule has 3 aromatic carbocycles. The second-order valence-corrected chi connectivity index (χ2v) is 10.5. The number of rotatable bonds is 9. The van der Waals surface area contributed by atoms with Gasteiger partial charge in [-0.05, 0) is 66.2 Å². The maximum absolute atomic E-state index is 13.7. The summed E-state index contributed by atoms with van der Waals surface area (Å²) in [4.78, 5) is 31.7. The van der Waals surface area contributed by atoms with E-state index in [0.29, 0.717) is 30.2 Å². The molecule has 7 heteroatoms. The van der Waals surface area contributed by atoms with Crippen LogP contribution in [0.5, 0.6) is 11.5 Å². The second-order valence-electron chi connectivity index (χ2n) is 9.49. The molecule has 38 heavy (non-hydrogen) atoms. The molecule has 4 aromatic rings. The number of benzene rings is 3. The first-order valence-corrected chi connectivity index (χ1v) is 13.5. The van der Waals surface area contributed by atoms with E-state index in [4.69, 9.17) is 9.47 Å². The Morgan fingerprint density at radius 1 is 0.842 bits per heavy atom. The van der Waals surface area contributed by atoms with Gasteiger partial charge in [-0.2, -0.15) is 0 Å². The first-order chi connectivity index (χ1) is 18.5. The van der Waals surface area contributed by atoms with Gasteiger partial charge in [0.15, 0.2) is 11.5 Å². The highest BCUT2D eigenvalue weighted by atomic mass is 32.1. The van der Waals surface area contributed by atoms with Gasteiger partial charge in [0.2, 0.25) is 12.7 Å². The first-order valence-electron chi connectivity index (χ1n) is 12.6. The molecular weight excluding hydrogens is 496 g/mol. The van der Waals surface area contributed by atoms with Crippen molar-refractivity contribution in [2.45, 2.75) is 33.0 Å². The number of carbonyl (C=O) groups is 2. The molecule has 0 N–H and O–H groups in total. The van der Waals surface area contributed by atoms with Crippen LogP contribution in [0.25, 0.3) is 11.1 Å². The minimum atomic E-state index is -0.160. The van der Waals surface area contributed by atoms with Gasteiger partial charge in [-0.15, -0.1) is 11.3 Å². The van der Waals surface area contributed by atoms with Gasteiger partial charge in [0.1, 0.15) is 6.54 Å². The van der Waals surface area contributed by atoms with Crippen LogP contribution >= 0.6 is 11.3 Å². The van der Waals surface area contributed by atoms with Crippen LogP contribution in [-0.2, 0) is 17.9 Å². The molecule has 2 heterocycles. The van der Waals surface area contributed by atoms with Gasteiger partial charge >= 0.3 is 0 Å². The molecule has 0 spiro atoms. The Labute approximate surface area is 227 Å². The van der Waals surface area contributed by atoms with E-state index in [9.17, 15) is 9.59 Å². The lowest BCUT2D eigenvalue weighted by Crippen LogP contribution is -2.45. The van der Waals surface area contributed by atoms with Gasteiger partial charge < -0.3 is 19.3 Å². The molecule has 5 rings (SSSR count). The maximum atomic E-state index is 13.7. The number of thiophene rings is 1. The van der Waals surface area contributed by atoms with Crippen LogP contribution in [0, 0.1) is 0 Å². The molecule has 1 aliphatic heterocycles. The number of hydrogen-bond donors (Lipinski definition) is 0. The Morgan fingerprint density at radius 3 is 2.29 bits per heavy atom. The van der Waals surface area contributed by atoms with Crippen LogP contribution in [0.3, 0.4) is 0 Å². The molecule has 194 valence electrons. The minimum Gasteiger partial charge on any atom is -0.454 e. The zero-order valence-corrected chi connectivity index (χ0v) is 22.3.